The first-order valence-electron chi connectivity index (χ1n) is 27.6. The van der Waals surface area contributed by atoms with E-state index in [4.69, 9.17) is 75.8 Å². The molecule has 0 bridgehead atoms. The van der Waals surface area contributed by atoms with Gasteiger partial charge in [-0.3, -0.25) is 48.2 Å². The molecule has 10 atom stereocenters. The van der Waals surface area contributed by atoms with Crippen molar-refractivity contribution in [1.29, 1.82) is 0 Å². The molecule has 2 aromatic rings. The lowest BCUT2D eigenvalue weighted by Crippen LogP contribution is -2.59. The molecule has 0 saturated carbocycles. The minimum Gasteiger partial charge on any atom is -0.463 e. The van der Waals surface area contributed by atoms with Gasteiger partial charge in [0, 0.05) is 94.7 Å². The number of ether oxygens (including phenoxy) is 16. The van der Waals surface area contributed by atoms with E-state index in [1.54, 1.807) is 12.4 Å². The highest BCUT2D eigenvalue weighted by molar-refractivity contribution is 5.70. The number of esters is 8. The molecule has 32 nitrogen and oxygen atoms in total. The Bertz CT molecular complexity index is 2230. The van der Waals surface area contributed by atoms with Gasteiger partial charge in [-0.1, -0.05) is 10.4 Å². The van der Waals surface area contributed by atoms with Gasteiger partial charge in [0.05, 0.1) is 105 Å². The maximum absolute atomic E-state index is 12.2. The zero-order valence-electron chi connectivity index (χ0n) is 48.9. The van der Waals surface area contributed by atoms with Crippen LogP contribution in [0.4, 0.5) is 0 Å². The molecular weight excluding hydrogens is 1120 g/mol. The van der Waals surface area contributed by atoms with Crippen LogP contribution < -0.4 is 0 Å². The number of hydrogen-bond acceptors (Lipinski definition) is 30. The lowest BCUT2D eigenvalue weighted by molar-refractivity contribution is -0.255. The molecule has 3 saturated heterocycles. The SMILES string of the molecule is CC(=O)OC[C@H]1O[C@@H](c2cn(CCOCCOCCOCCN3CCN(CCOCCOCCOCCn4cc([C@@H]5O[C@H](COC(C)=O)[C@H](OC(C)=O)[C@H](OC(C)=O)[C@H]5OC(C)=O)nn4)CC3)nn2)[C@H](OC(C)=O)[C@@H](OC(C)=O)[C@H]1OC(C)=O. The van der Waals surface area contributed by atoms with Gasteiger partial charge in [-0.15, -0.1) is 10.2 Å². The highest BCUT2D eigenvalue weighted by atomic mass is 16.7. The second-order valence-corrected chi connectivity index (χ2v) is 19.4. The van der Waals surface area contributed by atoms with E-state index in [9.17, 15) is 38.4 Å². The Kier molecular flexibility index (Phi) is 29.7. The third-order valence-electron chi connectivity index (χ3n) is 12.7. The maximum atomic E-state index is 12.2. The summed E-state index contributed by atoms with van der Waals surface area (Å²) in [6, 6.07) is 0. The minimum absolute atomic E-state index is 0.213. The fourth-order valence-electron chi connectivity index (χ4n) is 9.06. The Morgan fingerprint density at radius 3 is 0.952 bits per heavy atom. The van der Waals surface area contributed by atoms with E-state index in [-0.39, 0.29) is 37.8 Å². The first-order chi connectivity index (χ1) is 40.3. The first-order valence-corrected chi connectivity index (χ1v) is 27.6. The van der Waals surface area contributed by atoms with Gasteiger partial charge < -0.3 is 75.8 Å². The monoisotopic (exact) mass is 1200 g/mol. The van der Waals surface area contributed by atoms with Crippen molar-refractivity contribution < 1.29 is 114 Å². The van der Waals surface area contributed by atoms with Crippen molar-refractivity contribution in [1.82, 2.24) is 39.8 Å². The first kappa shape index (κ1) is 68.4. The summed E-state index contributed by atoms with van der Waals surface area (Å²) in [5, 5.41) is 16.6. The van der Waals surface area contributed by atoms with Gasteiger partial charge in [-0.05, 0) is 0 Å². The predicted octanol–water partition coefficient (Wildman–Crippen LogP) is -1.12. The fraction of sp³-hybridized carbons (Fsp3) is 0.769. The van der Waals surface area contributed by atoms with E-state index in [0.717, 1.165) is 80.8 Å². The molecule has 0 unspecified atom stereocenters. The van der Waals surface area contributed by atoms with Gasteiger partial charge in [0.1, 0.15) is 49.0 Å². The molecule has 0 aromatic carbocycles. The van der Waals surface area contributed by atoms with Crippen LogP contribution in [0.5, 0.6) is 0 Å². The Hall–Kier alpha value is -6.36. The van der Waals surface area contributed by atoms with E-state index in [0.29, 0.717) is 79.2 Å². The molecule has 0 amide bonds. The third-order valence-corrected chi connectivity index (χ3v) is 12.7. The molecule has 3 aliphatic rings. The normalized spacial score (nSPS) is 23.7. The largest absolute Gasteiger partial charge is 0.463 e. The highest BCUT2D eigenvalue weighted by Crippen LogP contribution is 2.38. The van der Waals surface area contributed by atoms with Crippen LogP contribution >= 0.6 is 0 Å². The average molecular weight is 1200 g/mol. The van der Waals surface area contributed by atoms with Crippen molar-refractivity contribution >= 4 is 47.8 Å². The summed E-state index contributed by atoms with van der Waals surface area (Å²) in [7, 11) is 0. The Balaban J connectivity index is 0.866. The number of hydrogen-bond donors (Lipinski definition) is 0. The molecule has 5 heterocycles. The molecule has 0 radical (unpaired) electrons. The lowest BCUT2D eigenvalue weighted by atomic mass is 9.92. The van der Waals surface area contributed by atoms with Crippen molar-refractivity contribution in [2.24, 2.45) is 0 Å². The number of piperazine rings is 1. The van der Waals surface area contributed by atoms with Gasteiger partial charge in [-0.25, -0.2) is 9.36 Å². The predicted molar refractivity (Wildman–Crippen MR) is 280 cm³/mol. The van der Waals surface area contributed by atoms with Crippen molar-refractivity contribution in [2.75, 3.05) is 132 Å². The van der Waals surface area contributed by atoms with Crippen molar-refractivity contribution in [3.63, 3.8) is 0 Å². The molecule has 84 heavy (non-hydrogen) atoms. The smallest absolute Gasteiger partial charge is 0.303 e. The second-order valence-electron chi connectivity index (χ2n) is 19.4. The van der Waals surface area contributed by atoms with Gasteiger partial charge in [0.25, 0.3) is 0 Å². The van der Waals surface area contributed by atoms with Crippen LogP contribution in [0, 0.1) is 0 Å². The van der Waals surface area contributed by atoms with E-state index >= 15 is 0 Å². The van der Waals surface area contributed by atoms with Gasteiger partial charge >= 0.3 is 47.8 Å². The van der Waals surface area contributed by atoms with E-state index in [1.165, 1.54) is 23.2 Å². The Morgan fingerprint density at radius 1 is 0.381 bits per heavy atom. The van der Waals surface area contributed by atoms with E-state index in [1.807, 2.05) is 0 Å². The molecule has 5 rings (SSSR count). The summed E-state index contributed by atoms with van der Waals surface area (Å²) in [5.74, 6) is -5.64. The molecule has 0 N–H and O–H groups in total. The highest BCUT2D eigenvalue weighted by Gasteiger charge is 2.55. The van der Waals surface area contributed by atoms with E-state index < -0.39 is 109 Å². The molecule has 3 aliphatic heterocycles. The standard InChI is InChI=1S/C52H80N8O24/c1-33(61)75-31-43-47(77-35(3)63)51(81-39(7)67)49(79-37(5)65)45(83-43)41-29-59(55-53-41)15-19-71-23-27-73-25-21-69-17-13-57-9-11-58(12-10-57)14-18-70-22-26-74-28-24-72-20-16-60-30-42(54-56-60)46-50(80-38(6)66)52(82-40(8)68)48(78-36(4)64)44(84-46)32-76-34(2)62/h29-30,43-52H,9-28,31-32H2,1-8H3/t43-,44-,45+,46+,47+,48+,49+,50+,51+,52+/m1/s1. The van der Waals surface area contributed by atoms with Crippen molar-refractivity contribution in [3.8, 4) is 0 Å². The van der Waals surface area contributed by atoms with Gasteiger partial charge in [0.15, 0.2) is 36.6 Å². The van der Waals surface area contributed by atoms with Crippen LogP contribution in [-0.2, 0) is 127 Å². The summed E-state index contributed by atoms with van der Waals surface area (Å²) in [6.07, 6.45) is -9.24. The molecule has 2 aromatic heterocycles. The maximum Gasteiger partial charge on any atom is 0.303 e. The molecule has 472 valence electrons. The van der Waals surface area contributed by atoms with Gasteiger partial charge in [0.2, 0.25) is 0 Å². The molecule has 3 fully saturated rings. The van der Waals surface area contributed by atoms with Crippen LogP contribution in [0.1, 0.15) is 79.0 Å². The topological polar surface area (TPSA) is 352 Å². The van der Waals surface area contributed by atoms with Crippen LogP contribution in [0.15, 0.2) is 12.4 Å². The summed E-state index contributed by atoms with van der Waals surface area (Å²) in [5.41, 5.74) is 0.426. The summed E-state index contributed by atoms with van der Waals surface area (Å²) in [6.45, 7) is 19.2. The van der Waals surface area contributed by atoms with Crippen LogP contribution in [0.3, 0.4) is 0 Å². The number of nitrogens with zero attached hydrogens (tertiary/aromatic N) is 8. The molecule has 32 heteroatoms. The molecule has 0 spiro atoms. The van der Waals surface area contributed by atoms with Gasteiger partial charge in [-0.2, -0.15) is 0 Å². The summed E-state index contributed by atoms with van der Waals surface area (Å²) >= 11 is 0. The summed E-state index contributed by atoms with van der Waals surface area (Å²) in [4.78, 5) is 101. The lowest BCUT2D eigenvalue weighted by Gasteiger charge is -2.43. The second kappa shape index (κ2) is 36.5. The number of carbonyl (C=O) groups excluding carboxylic acids is 8. The quantitative estimate of drug-likeness (QED) is 0.0443. The number of aromatic nitrogens is 6. The van der Waals surface area contributed by atoms with Crippen LogP contribution in [-0.4, -0.2) is 268 Å². The molecular formula is C52H80N8O24. The Morgan fingerprint density at radius 2 is 0.655 bits per heavy atom. The summed E-state index contributed by atoms with van der Waals surface area (Å²) < 4.78 is 92.8. The van der Waals surface area contributed by atoms with Crippen LogP contribution in [0.25, 0.3) is 0 Å². The average Bonchev–Trinajstić information content (AvgIpc) is 3.72. The zero-order valence-corrected chi connectivity index (χ0v) is 48.9. The third kappa shape index (κ3) is 24.3. The van der Waals surface area contributed by atoms with Crippen molar-refractivity contribution in [3.05, 3.63) is 23.8 Å². The fourth-order valence-corrected chi connectivity index (χ4v) is 9.06. The van der Waals surface area contributed by atoms with Crippen molar-refractivity contribution in [2.45, 2.75) is 130 Å². The van der Waals surface area contributed by atoms with E-state index in [2.05, 4.69) is 30.4 Å². The van der Waals surface area contributed by atoms with Crippen LogP contribution in [0.2, 0.25) is 0 Å². The zero-order chi connectivity index (χ0) is 61.0. The molecule has 0 aliphatic carbocycles. The number of carbonyl (C=O) groups is 8. The minimum atomic E-state index is -1.33. The number of rotatable bonds is 36. The Labute approximate surface area is 485 Å².